The summed E-state index contributed by atoms with van der Waals surface area (Å²) in [6, 6.07) is 13.8. The molecule has 5 rings (SSSR count). The lowest BCUT2D eigenvalue weighted by molar-refractivity contribution is 0.0573. The number of rotatable bonds is 6. The first kappa shape index (κ1) is 20.7. The van der Waals surface area contributed by atoms with Crippen LogP contribution < -0.4 is 15.0 Å². The van der Waals surface area contributed by atoms with Crippen molar-refractivity contribution in [3.05, 3.63) is 75.9 Å². The molecule has 0 spiro atoms. The van der Waals surface area contributed by atoms with Crippen LogP contribution in [-0.2, 0) is 6.54 Å². The second-order valence-electron chi connectivity index (χ2n) is 7.67. The molecule has 0 saturated carbocycles. The molecule has 3 heterocycles. The summed E-state index contributed by atoms with van der Waals surface area (Å²) >= 11 is 1.42. The van der Waals surface area contributed by atoms with Gasteiger partial charge in [-0.25, -0.2) is 9.37 Å². The second-order valence-corrected chi connectivity index (χ2v) is 8.53. The van der Waals surface area contributed by atoms with Gasteiger partial charge in [0.05, 0.1) is 11.9 Å². The molecule has 1 atom stereocenters. The highest BCUT2D eigenvalue weighted by atomic mass is 32.1. The summed E-state index contributed by atoms with van der Waals surface area (Å²) in [6.07, 6.45) is -0.105. The Bertz CT molecular complexity index is 1300. The van der Waals surface area contributed by atoms with Crippen molar-refractivity contribution in [3.8, 4) is 22.6 Å². The molecule has 8 heteroatoms. The Morgan fingerprint density at radius 3 is 2.75 bits per heavy atom. The maximum absolute atomic E-state index is 13.3. The molecule has 0 bridgehead atoms. The summed E-state index contributed by atoms with van der Waals surface area (Å²) in [6.45, 7) is 4.45. The Morgan fingerprint density at radius 2 is 1.97 bits per heavy atom. The number of nitrogens with zero attached hydrogens (tertiary/aromatic N) is 2. The number of likely N-dealkylation sites (N-methyl/N-ethyl adjacent to an activating group) is 1. The van der Waals surface area contributed by atoms with E-state index in [-0.39, 0.29) is 17.5 Å². The highest BCUT2D eigenvalue weighted by Crippen LogP contribution is 2.32. The first-order valence-corrected chi connectivity index (χ1v) is 11.4. The number of aromatic amines is 1. The van der Waals surface area contributed by atoms with Gasteiger partial charge in [-0.15, -0.1) is 11.3 Å². The van der Waals surface area contributed by atoms with E-state index in [1.165, 1.54) is 23.5 Å². The molecule has 1 aliphatic rings. The van der Waals surface area contributed by atoms with Gasteiger partial charge in [0, 0.05) is 17.5 Å². The van der Waals surface area contributed by atoms with Gasteiger partial charge in [0.1, 0.15) is 29.2 Å². The molecule has 2 aromatic carbocycles. The second kappa shape index (κ2) is 8.72. The van der Waals surface area contributed by atoms with Crippen molar-refractivity contribution < 1.29 is 13.9 Å². The fourth-order valence-electron chi connectivity index (χ4n) is 3.87. The molecule has 0 fully saturated rings. The average Bonchev–Trinajstić information content (AvgIpc) is 3.23. The van der Waals surface area contributed by atoms with Crippen LogP contribution in [0.15, 0.2) is 58.7 Å². The zero-order valence-corrected chi connectivity index (χ0v) is 18.3. The van der Waals surface area contributed by atoms with E-state index in [1.54, 1.807) is 12.1 Å². The van der Waals surface area contributed by atoms with Crippen LogP contribution in [0.4, 0.5) is 4.39 Å². The van der Waals surface area contributed by atoms with Gasteiger partial charge in [0.2, 0.25) is 0 Å². The molecule has 32 heavy (non-hydrogen) atoms. The van der Waals surface area contributed by atoms with E-state index in [0.717, 1.165) is 29.2 Å². The van der Waals surface area contributed by atoms with Gasteiger partial charge in [-0.05, 0) is 36.4 Å². The van der Waals surface area contributed by atoms with Gasteiger partial charge in [0.25, 0.3) is 5.56 Å². The highest BCUT2D eigenvalue weighted by Gasteiger charge is 2.23. The van der Waals surface area contributed by atoms with E-state index in [9.17, 15) is 9.18 Å². The number of hydrogen-bond acceptors (Lipinski definition) is 6. The Morgan fingerprint density at radius 1 is 1.19 bits per heavy atom. The van der Waals surface area contributed by atoms with E-state index in [0.29, 0.717) is 35.7 Å². The summed E-state index contributed by atoms with van der Waals surface area (Å²) in [5.74, 6) is 1.81. The molecule has 0 saturated heterocycles. The Hall–Kier alpha value is -3.23. The zero-order valence-electron chi connectivity index (χ0n) is 17.5. The molecule has 164 valence electrons. The maximum atomic E-state index is 13.3. The lowest BCUT2D eigenvalue weighted by atomic mass is 10.1. The minimum atomic E-state index is -0.307. The van der Waals surface area contributed by atoms with Gasteiger partial charge in [-0.2, -0.15) is 0 Å². The third-order valence-corrected chi connectivity index (χ3v) is 6.37. The maximum Gasteiger partial charge on any atom is 0.260 e. The van der Waals surface area contributed by atoms with Crippen LogP contribution in [-0.4, -0.2) is 40.7 Å². The van der Waals surface area contributed by atoms with E-state index in [4.69, 9.17) is 14.5 Å². The normalized spacial score (nSPS) is 15.4. The molecule has 0 amide bonds. The van der Waals surface area contributed by atoms with Crippen LogP contribution in [0.3, 0.4) is 0 Å². The fraction of sp³-hybridized carbons (Fsp3) is 0.250. The number of fused-ring (bicyclic) bond motifs is 2. The summed E-state index contributed by atoms with van der Waals surface area (Å²) < 4.78 is 25.2. The number of benzene rings is 2. The topological polar surface area (TPSA) is 67.5 Å². The number of nitrogens with one attached hydrogen (secondary N) is 1. The molecule has 6 nitrogen and oxygen atoms in total. The van der Waals surface area contributed by atoms with Gasteiger partial charge >= 0.3 is 0 Å². The first-order chi connectivity index (χ1) is 15.6. The van der Waals surface area contributed by atoms with Crippen LogP contribution in [0, 0.1) is 5.82 Å². The Labute approximate surface area is 188 Å². The minimum absolute atomic E-state index is 0.105. The monoisotopic (exact) mass is 451 g/mol. The smallest absolute Gasteiger partial charge is 0.260 e. The number of para-hydroxylation sites is 2. The number of hydrogen-bond donors (Lipinski definition) is 1. The predicted molar refractivity (Wildman–Crippen MR) is 123 cm³/mol. The van der Waals surface area contributed by atoms with Crippen molar-refractivity contribution in [1.29, 1.82) is 0 Å². The van der Waals surface area contributed by atoms with Crippen molar-refractivity contribution in [2.75, 3.05) is 19.7 Å². The fourth-order valence-corrected chi connectivity index (χ4v) is 4.84. The minimum Gasteiger partial charge on any atom is -0.486 e. The van der Waals surface area contributed by atoms with E-state index >= 15 is 0 Å². The van der Waals surface area contributed by atoms with Gasteiger partial charge in [-0.3, -0.25) is 9.69 Å². The molecular formula is C24H22FN3O3S. The van der Waals surface area contributed by atoms with Gasteiger partial charge in [0.15, 0.2) is 11.5 Å². The zero-order chi connectivity index (χ0) is 22.1. The molecule has 1 aliphatic heterocycles. The summed E-state index contributed by atoms with van der Waals surface area (Å²) in [4.78, 5) is 23.4. The molecule has 0 aliphatic carbocycles. The van der Waals surface area contributed by atoms with E-state index in [1.807, 2.05) is 29.6 Å². The van der Waals surface area contributed by atoms with Crippen LogP contribution in [0.25, 0.3) is 21.3 Å². The number of H-pyrrole nitrogens is 1. The van der Waals surface area contributed by atoms with Crippen molar-refractivity contribution in [2.24, 2.45) is 0 Å². The lowest BCUT2D eigenvalue weighted by Gasteiger charge is -2.30. The molecule has 2 aromatic heterocycles. The van der Waals surface area contributed by atoms with Crippen molar-refractivity contribution in [2.45, 2.75) is 19.6 Å². The quantitative estimate of drug-likeness (QED) is 0.469. The Kier molecular flexibility index (Phi) is 5.63. The van der Waals surface area contributed by atoms with Crippen LogP contribution in [0.1, 0.15) is 12.7 Å². The SMILES string of the molecule is CCN(Cc1nc2scc(-c3ccc(F)cc3)c2c(=O)[nH]1)C[C@@H]1COc2ccccc2O1. The third-order valence-electron chi connectivity index (χ3n) is 5.50. The van der Waals surface area contributed by atoms with Crippen LogP contribution in [0.2, 0.25) is 0 Å². The van der Waals surface area contributed by atoms with E-state index < -0.39 is 0 Å². The summed E-state index contributed by atoms with van der Waals surface area (Å²) in [5, 5.41) is 2.43. The van der Waals surface area contributed by atoms with Crippen molar-refractivity contribution >= 4 is 21.6 Å². The average molecular weight is 452 g/mol. The number of thiophene rings is 1. The molecule has 0 radical (unpaired) electrons. The van der Waals surface area contributed by atoms with Crippen molar-refractivity contribution in [1.82, 2.24) is 14.9 Å². The van der Waals surface area contributed by atoms with E-state index in [2.05, 4.69) is 16.8 Å². The first-order valence-electron chi connectivity index (χ1n) is 10.5. The molecule has 0 unspecified atom stereocenters. The number of ether oxygens (including phenoxy) is 2. The summed E-state index contributed by atoms with van der Waals surface area (Å²) in [7, 11) is 0. The predicted octanol–water partition coefficient (Wildman–Crippen LogP) is 4.45. The van der Waals surface area contributed by atoms with Crippen LogP contribution in [0.5, 0.6) is 11.5 Å². The number of aromatic nitrogens is 2. The number of halogens is 1. The largest absolute Gasteiger partial charge is 0.486 e. The van der Waals surface area contributed by atoms with Gasteiger partial charge < -0.3 is 14.5 Å². The highest BCUT2D eigenvalue weighted by molar-refractivity contribution is 7.17. The van der Waals surface area contributed by atoms with Crippen LogP contribution >= 0.6 is 11.3 Å². The summed E-state index contributed by atoms with van der Waals surface area (Å²) in [5.41, 5.74) is 1.37. The molecule has 4 aromatic rings. The van der Waals surface area contributed by atoms with Gasteiger partial charge in [-0.1, -0.05) is 31.2 Å². The molecule has 1 N–H and O–H groups in total. The molecular weight excluding hydrogens is 429 g/mol. The van der Waals surface area contributed by atoms with Crippen molar-refractivity contribution in [3.63, 3.8) is 0 Å². The third kappa shape index (κ3) is 4.11. The standard InChI is InChI=1S/C24H22FN3O3S/c1-2-28(11-17-13-30-19-5-3-4-6-20(19)31-17)12-21-26-23(29)22-18(14-32-24(22)27-21)15-7-9-16(25)10-8-15/h3-10,14,17H,2,11-13H2,1H3,(H,26,27,29)/t17-/m1/s1. The lowest BCUT2D eigenvalue weighted by Crippen LogP contribution is -2.41. The Balaban J connectivity index is 1.34.